The molecule has 0 bridgehead atoms. The maximum absolute atomic E-state index is 14.0. The Labute approximate surface area is 197 Å². The third-order valence-corrected chi connectivity index (χ3v) is 7.04. The Kier molecular flexibility index (Phi) is 4.76. The van der Waals surface area contributed by atoms with E-state index in [-0.39, 0.29) is 23.1 Å². The molecule has 2 aromatic carbocycles. The molecule has 0 N–H and O–H groups in total. The minimum absolute atomic E-state index is 0.150. The number of hydrogen-bond donors (Lipinski definition) is 0. The minimum atomic E-state index is -0.952. The molecule has 0 aromatic heterocycles. The summed E-state index contributed by atoms with van der Waals surface area (Å²) >= 11 is 0. The summed E-state index contributed by atoms with van der Waals surface area (Å²) in [4.78, 5) is 55.2. The summed E-state index contributed by atoms with van der Waals surface area (Å²) in [7, 11) is 0. The van der Waals surface area contributed by atoms with Crippen LogP contribution < -0.4 is 4.90 Å². The number of allylic oxidation sites excluding steroid dienone is 1. The number of Topliss-reactive ketones (excluding diaryl/α,β-unsaturated/α-hetero) is 1. The highest BCUT2D eigenvalue weighted by Crippen LogP contribution is 2.51. The van der Waals surface area contributed by atoms with Crippen LogP contribution in [0.3, 0.4) is 0 Å². The third kappa shape index (κ3) is 3.01. The van der Waals surface area contributed by atoms with Crippen molar-refractivity contribution in [2.45, 2.75) is 45.3 Å². The molecule has 34 heavy (non-hydrogen) atoms. The zero-order valence-electron chi connectivity index (χ0n) is 19.4. The lowest BCUT2D eigenvalue weighted by atomic mass is 9.85. The number of likely N-dealkylation sites (tertiary alicyclic amines) is 1. The zero-order chi connectivity index (χ0) is 24.5. The van der Waals surface area contributed by atoms with E-state index in [1.165, 1.54) is 29.2 Å². The Morgan fingerprint density at radius 3 is 2.35 bits per heavy atom. The van der Waals surface area contributed by atoms with E-state index >= 15 is 0 Å². The van der Waals surface area contributed by atoms with Crippen molar-refractivity contribution in [1.29, 1.82) is 0 Å². The third-order valence-electron chi connectivity index (χ3n) is 7.04. The van der Waals surface area contributed by atoms with Crippen LogP contribution in [0.5, 0.6) is 0 Å². The quantitative estimate of drug-likeness (QED) is 0.299. The number of carbonyl (C=O) groups is 3. The van der Waals surface area contributed by atoms with Crippen molar-refractivity contribution in [2.24, 2.45) is 11.8 Å². The minimum Gasteiger partial charge on any atom is -0.352 e. The molecule has 5 rings (SSSR count). The fourth-order valence-electron chi connectivity index (χ4n) is 5.70. The molecule has 4 atom stereocenters. The van der Waals surface area contributed by atoms with Crippen LogP contribution in [-0.2, 0) is 9.59 Å². The van der Waals surface area contributed by atoms with Gasteiger partial charge in [-0.1, -0.05) is 36.4 Å². The van der Waals surface area contributed by atoms with Gasteiger partial charge in [-0.2, -0.15) is 0 Å². The van der Waals surface area contributed by atoms with Crippen LogP contribution in [0.1, 0.15) is 43.6 Å². The smallest absolute Gasteiger partial charge is 0.270 e. The molecule has 2 fully saturated rings. The van der Waals surface area contributed by atoms with Crippen LogP contribution in [-0.4, -0.2) is 45.0 Å². The van der Waals surface area contributed by atoms with Gasteiger partial charge in [-0.05, 0) is 39.3 Å². The summed E-state index contributed by atoms with van der Waals surface area (Å²) < 4.78 is 0. The highest BCUT2D eigenvalue weighted by Gasteiger charge is 2.65. The first-order valence-electron chi connectivity index (χ1n) is 11.2. The number of benzene rings is 2. The van der Waals surface area contributed by atoms with Crippen molar-refractivity contribution in [3.63, 3.8) is 0 Å². The van der Waals surface area contributed by atoms with E-state index in [0.29, 0.717) is 0 Å². The average molecular weight is 460 g/mol. The first-order chi connectivity index (χ1) is 16.0. The predicted molar refractivity (Wildman–Crippen MR) is 126 cm³/mol. The number of ketones is 1. The van der Waals surface area contributed by atoms with Gasteiger partial charge in [0.05, 0.1) is 22.8 Å². The van der Waals surface area contributed by atoms with Crippen molar-refractivity contribution >= 4 is 34.5 Å². The second-order valence-corrected chi connectivity index (χ2v) is 10.1. The van der Waals surface area contributed by atoms with Crippen LogP contribution >= 0.6 is 0 Å². The summed E-state index contributed by atoms with van der Waals surface area (Å²) in [5.41, 5.74) is 1.92. The number of imide groups is 1. The molecule has 3 aliphatic heterocycles. The fourth-order valence-corrected chi connectivity index (χ4v) is 5.70. The Bertz CT molecular complexity index is 1290. The van der Waals surface area contributed by atoms with E-state index in [1.54, 1.807) is 20.8 Å². The van der Waals surface area contributed by atoms with Crippen LogP contribution in [0.4, 0.5) is 11.4 Å². The van der Waals surface area contributed by atoms with Crippen molar-refractivity contribution < 1.29 is 19.3 Å². The van der Waals surface area contributed by atoms with Gasteiger partial charge < -0.3 is 4.90 Å². The number of para-hydroxylation sites is 1. The summed E-state index contributed by atoms with van der Waals surface area (Å²) in [5.74, 6) is -2.64. The number of nitro groups is 1. The maximum Gasteiger partial charge on any atom is 0.270 e. The van der Waals surface area contributed by atoms with E-state index in [1.807, 2.05) is 42.2 Å². The van der Waals surface area contributed by atoms with Gasteiger partial charge in [0, 0.05) is 34.5 Å². The van der Waals surface area contributed by atoms with Gasteiger partial charge in [-0.3, -0.25) is 29.4 Å². The lowest BCUT2D eigenvalue weighted by molar-refractivity contribution is -0.384. The van der Waals surface area contributed by atoms with Crippen LogP contribution in [0.15, 0.2) is 54.6 Å². The molecule has 2 aromatic rings. The molecule has 0 unspecified atom stereocenters. The van der Waals surface area contributed by atoms with E-state index < -0.39 is 40.2 Å². The van der Waals surface area contributed by atoms with Gasteiger partial charge in [-0.15, -0.1) is 0 Å². The number of hydrogen-bond acceptors (Lipinski definition) is 6. The number of non-ortho nitro benzene ring substituents is 1. The Hall–Kier alpha value is -3.81. The fraction of sp³-hybridized carbons (Fsp3) is 0.346. The lowest BCUT2D eigenvalue weighted by Crippen LogP contribution is -2.52. The second-order valence-electron chi connectivity index (χ2n) is 10.1. The molecule has 8 nitrogen and oxygen atoms in total. The molecule has 2 saturated heterocycles. The number of carbonyl (C=O) groups excluding carboxylic acids is 3. The van der Waals surface area contributed by atoms with Crippen molar-refractivity contribution in [2.75, 3.05) is 4.90 Å². The molecular weight excluding hydrogens is 434 g/mol. The standard InChI is InChI=1S/C26H25N3O5/c1-14-12-19-20-21(25(32)28(24(20)31)26(2,3)4)22(27(19)18-11-6-5-10-17(14)18)23(30)15-8-7-9-16(13-15)29(33)34/h5-13,19-22H,1-4H3/t19-,20-,21-,22+/m0/s1. The van der Waals surface area contributed by atoms with Gasteiger partial charge >= 0.3 is 0 Å². The van der Waals surface area contributed by atoms with Crippen LogP contribution in [0.25, 0.3) is 5.57 Å². The Morgan fingerprint density at radius 1 is 1.00 bits per heavy atom. The van der Waals surface area contributed by atoms with Gasteiger partial charge in [0.2, 0.25) is 11.8 Å². The zero-order valence-corrected chi connectivity index (χ0v) is 19.4. The normalized spacial score (nSPS) is 25.6. The average Bonchev–Trinajstić information content (AvgIpc) is 3.26. The van der Waals surface area contributed by atoms with Gasteiger partial charge in [0.1, 0.15) is 6.04 Å². The van der Waals surface area contributed by atoms with E-state index in [9.17, 15) is 24.5 Å². The molecule has 2 amide bonds. The first kappa shape index (κ1) is 22.0. The molecule has 0 spiro atoms. The number of nitrogens with zero attached hydrogens (tertiary/aromatic N) is 3. The molecule has 0 saturated carbocycles. The van der Waals surface area contributed by atoms with Crippen molar-refractivity contribution in [1.82, 2.24) is 4.90 Å². The number of nitro benzene ring substituents is 1. The lowest BCUT2D eigenvalue weighted by Gasteiger charge is -2.39. The Balaban J connectivity index is 1.70. The number of rotatable bonds is 3. The molecule has 174 valence electrons. The summed E-state index contributed by atoms with van der Waals surface area (Å²) in [6.07, 6.45) is 1.97. The van der Waals surface area contributed by atoms with E-state index in [2.05, 4.69) is 0 Å². The number of fused-ring (bicyclic) bond motifs is 5. The molecule has 8 heteroatoms. The van der Waals surface area contributed by atoms with Crippen molar-refractivity contribution in [3.8, 4) is 0 Å². The van der Waals surface area contributed by atoms with E-state index in [0.717, 1.165) is 16.8 Å². The second kappa shape index (κ2) is 7.35. The molecule has 0 radical (unpaired) electrons. The van der Waals surface area contributed by atoms with Gasteiger partial charge in [-0.25, -0.2) is 0 Å². The maximum atomic E-state index is 14.0. The first-order valence-corrected chi connectivity index (χ1v) is 11.2. The van der Waals surface area contributed by atoms with Crippen LogP contribution in [0.2, 0.25) is 0 Å². The summed E-state index contributed by atoms with van der Waals surface area (Å²) in [6, 6.07) is 11.8. The topological polar surface area (TPSA) is 101 Å². The highest BCUT2D eigenvalue weighted by molar-refractivity contribution is 6.14. The predicted octanol–water partition coefficient (Wildman–Crippen LogP) is 3.85. The SMILES string of the molecule is CC1=C[C@H]2[C@@H]3C(=O)N(C(C)(C)C)C(=O)[C@@H]3[C@H](C(=O)c3cccc([N+](=O)[O-])c3)N2c2ccccc21. The highest BCUT2D eigenvalue weighted by atomic mass is 16.6. The number of anilines is 1. The molecule has 3 heterocycles. The number of amides is 2. The molecule has 0 aliphatic carbocycles. The Morgan fingerprint density at radius 2 is 1.68 bits per heavy atom. The molecule has 3 aliphatic rings. The van der Waals surface area contributed by atoms with Gasteiger partial charge in [0.15, 0.2) is 5.78 Å². The van der Waals surface area contributed by atoms with Crippen molar-refractivity contribution in [3.05, 3.63) is 75.8 Å². The van der Waals surface area contributed by atoms with E-state index in [4.69, 9.17) is 0 Å². The monoisotopic (exact) mass is 459 g/mol. The summed E-state index contributed by atoms with van der Waals surface area (Å²) in [5, 5.41) is 11.3. The largest absolute Gasteiger partial charge is 0.352 e. The van der Waals surface area contributed by atoms with Crippen LogP contribution in [0, 0.1) is 22.0 Å². The summed E-state index contributed by atoms with van der Waals surface area (Å²) in [6.45, 7) is 7.37. The van der Waals surface area contributed by atoms with Gasteiger partial charge in [0.25, 0.3) is 5.69 Å². The molecular formula is C26H25N3O5.